The highest BCUT2D eigenvalue weighted by molar-refractivity contribution is 6.22. The Morgan fingerprint density at radius 2 is 2.06 bits per heavy atom. The molecule has 1 atom stereocenters. The molecule has 0 radical (unpaired) electrons. The van der Waals surface area contributed by atoms with Crippen molar-refractivity contribution >= 4 is 17.2 Å². The van der Waals surface area contributed by atoms with Crippen molar-refractivity contribution in [1.82, 2.24) is 0 Å². The summed E-state index contributed by atoms with van der Waals surface area (Å²) in [5, 5.41) is 0.211. The van der Waals surface area contributed by atoms with Gasteiger partial charge in [-0.05, 0) is 49.0 Å². The molecule has 2 heteroatoms. The SMILES string of the molecule is ClC1C=C(c2cccc(OC3CC3)c2)CC1. The summed E-state index contributed by atoms with van der Waals surface area (Å²) >= 11 is 6.08. The van der Waals surface area contributed by atoms with Gasteiger partial charge in [0.15, 0.2) is 0 Å². The molecule has 0 spiro atoms. The van der Waals surface area contributed by atoms with E-state index >= 15 is 0 Å². The van der Waals surface area contributed by atoms with Crippen LogP contribution in [0.4, 0.5) is 0 Å². The molecule has 0 amide bonds. The second-order valence-electron chi connectivity index (χ2n) is 4.59. The van der Waals surface area contributed by atoms with Gasteiger partial charge < -0.3 is 4.74 Å². The number of allylic oxidation sites excluding steroid dienone is 2. The van der Waals surface area contributed by atoms with Crippen LogP contribution < -0.4 is 4.74 Å². The van der Waals surface area contributed by atoms with Gasteiger partial charge in [0, 0.05) is 0 Å². The van der Waals surface area contributed by atoms with Crippen LogP contribution in [-0.4, -0.2) is 11.5 Å². The molecule has 3 rings (SSSR count). The van der Waals surface area contributed by atoms with Crippen molar-refractivity contribution < 1.29 is 4.74 Å². The summed E-state index contributed by atoms with van der Waals surface area (Å²) in [6.45, 7) is 0. The summed E-state index contributed by atoms with van der Waals surface area (Å²) in [5.74, 6) is 0.999. The third-order valence-corrected chi connectivity index (χ3v) is 3.45. The van der Waals surface area contributed by atoms with Crippen molar-refractivity contribution in [2.75, 3.05) is 0 Å². The van der Waals surface area contributed by atoms with Gasteiger partial charge in [-0.15, -0.1) is 11.6 Å². The topological polar surface area (TPSA) is 9.23 Å². The highest BCUT2D eigenvalue weighted by Gasteiger charge is 2.23. The fraction of sp³-hybridized carbons (Fsp3) is 0.429. The third-order valence-electron chi connectivity index (χ3n) is 3.10. The normalized spacial score (nSPS) is 24.3. The van der Waals surface area contributed by atoms with Crippen LogP contribution in [0.3, 0.4) is 0 Å². The molecule has 1 unspecified atom stereocenters. The van der Waals surface area contributed by atoms with E-state index < -0.39 is 0 Å². The first-order chi connectivity index (χ1) is 7.81. The Balaban J connectivity index is 1.81. The van der Waals surface area contributed by atoms with Gasteiger partial charge in [-0.2, -0.15) is 0 Å². The van der Waals surface area contributed by atoms with E-state index in [-0.39, 0.29) is 5.38 Å². The van der Waals surface area contributed by atoms with Gasteiger partial charge in [-0.3, -0.25) is 0 Å². The molecule has 84 valence electrons. The van der Waals surface area contributed by atoms with E-state index in [4.69, 9.17) is 16.3 Å². The summed E-state index contributed by atoms with van der Waals surface area (Å²) in [6.07, 6.45) is 7.19. The van der Waals surface area contributed by atoms with E-state index in [0.29, 0.717) is 6.10 Å². The molecular weight excluding hydrogens is 220 g/mol. The van der Waals surface area contributed by atoms with Crippen molar-refractivity contribution in [1.29, 1.82) is 0 Å². The Labute approximate surface area is 101 Å². The maximum absolute atomic E-state index is 6.08. The number of rotatable bonds is 3. The second-order valence-corrected chi connectivity index (χ2v) is 5.15. The lowest BCUT2D eigenvalue weighted by Gasteiger charge is -2.07. The molecule has 0 aromatic heterocycles. The quantitative estimate of drug-likeness (QED) is 0.718. The predicted molar refractivity (Wildman–Crippen MR) is 66.9 cm³/mol. The van der Waals surface area contributed by atoms with Gasteiger partial charge in [0.2, 0.25) is 0 Å². The van der Waals surface area contributed by atoms with Crippen LogP contribution in [0.1, 0.15) is 31.2 Å². The molecule has 1 saturated carbocycles. The fourth-order valence-electron chi connectivity index (χ4n) is 2.07. The predicted octanol–water partition coefficient (Wildman–Crippen LogP) is 4.01. The van der Waals surface area contributed by atoms with Crippen molar-refractivity contribution in [2.45, 2.75) is 37.2 Å². The van der Waals surface area contributed by atoms with E-state index in [9.17, 15) is 0 Å². The molecule has 16 heavy (non-hydrogen) atoms. The minimum Gasteiger partial charge on any atom is -0.490 e. The number of alkyl halides is 1. The molecule has 1 nitrogen and oxygen atoms in total. The Kier molecular flexibility index (Phi) is 2.64. The fourth-order valence-corrected chi connectivity index (χ4v) is 2.33. The lowest BCUT2D eigenvalue weighted by atomic mass is 10.1. The average Bonchev–Trinajstić information content (AvgIpc) is 2.98. The van der Waals surface area contributed by atoms with Crippen LogP contribution in [0.2, 0.25) is 0 Å². The molecule has 0 aliphatic heterocycles. The van der Waals surface area contributed by atoms with Gasteiger partial charge in [-0.25, -0.2) is 0 Å². The molecule has 0 N–H and O–H groups in total. The molecule has 1 fully saturated rings. The largest absolute Gasteiger partial charge is 0.490 e. The van der Waals surface area contributed by atoms with E-state index in [1.807, 2.05) is 6.07 Å². The van der Waals surface area contributed by atoms with Gasteiger partial charge in [-0.1, -0.05) is 18.2 Å². The summed E-state index contributed by atoms with van der Waals surface area (Å²) in [5.41, 5.74) is 2.63. The van der Waals surface area contributed by atoms with Crippen molar-refractivity contribution in [2.24, 2.45) is 0 Å². The molecule has 0 heterocycles. The van der Waals surface area contributed by atoms with Gasteiger partial charge in [0.25, 0.3) is 0 Å². The first-order valence-corrected chi connectivity index (χ1v) is 6.37. The zero-order chi connectivity index (χ0) is 11.0. The molecule has 2 aliphatic carbocycles. The van der Waals surface area contributed by atoms with E-state index in [2.05, 4.69) is 24.3 Å². The van der Waals surface area contributed by atoms with E-state index in [1.54, 1.807) is 0 Å². The van der Waals surface area contributed by atoms with Crippen molar-refractivity contribution in [3.8, 4) is 5.75 Å². The minimum absolute atomic E-state index is 0.211. The van der Waals surface area contributed by atoms with Crippen LogP contribution in [0, 0.1) is 0 Å². The third kappa shape index (κ3) is 2.25. The maximum atomic E-state index is 6.08. The standard InChI is InChI=1S/C14H15ClO/c15-12-5-4-11(8-12)10-2-1-3-14(9-10)16-13-6-7-13/h1-3,8-9,12-13H,4-7H2. The summed E-state index contributed by atoms with van der Waals surface area (Å²) in [4.78, 5) is 0. The number of hydrogen-bond acceptors (Lipinski definition) is 1. The number of halogens is 1. The van der Waals surface area contributed by atoms with Gasteiger partial charge in [0.1, 0.15) is 5.75 Å². The maximum Gasteiger partial charge on any atom is 0.120 e. The summed E-state index contributed by atoms with van der Waals surface area (Å²) in [7, 11) is 0. The number of hydrogen-bond donors (Lipinski definition) is 0. The van der Waals surface area contributed by atoms with Gasteiger partial charge in [0.05, 0.1) is 11.5 Å². The zero-order valence-corrected chi connectivity index (χ0v) is 9.91. The highest BCUT2D eigenvalue weighted by Crippen LogP contribution is 2.33. The molecule has 0 bridgehead atoms. The number of benzene rings is 1. The lowest BCUT2D eigenvalue weighted by Crippen LogP contribution is -1.96. The van der Waals surface area contributed by atoms with Crippen LogP contribution >= 0.6 is 11.6 Å². The average molecular weight is 235 g/mol. The molecule has 0 saturated heterocycles. The Morgan fingerprint density at radius 1 is 1.19 bits per heavy atom. The molecule has 1 aromatic carbocycles. The monoisotopic (exact) mass is 234 g/mol. The Bertz CT molecular complexity index is 420. The van der Waals surface area contributed by atoms with E-state index in [0.717, 1.165) is 18.6 Å². The molecule has 2 aliphatic rings. The smallest absolute Gasteiger partial charge is 0.120 e. The summed E-state index contributed by atoms with van der Waals surface area (Å²) < 4.78 is 5.79. The van der Waals surface area contributed by atoms with E-state index in [1.165, 1.54) is 24.0 Å². The van der Waals surface area contributed by atoms with Crippen LogP contribution in [0.5, 0.6) is 5.75 Å². The van der Waals surface area contributed by atoms with Crippen molar-refractivity contribution in [3.05, 3.63) is 35.9 Å². The Morgan fingerprint density at radius 3 is 2.75 bits per heavy atom. The van der Waals surface area contributed by atoms with Crippen LogP contribution in [0.25, 0.3) is 5.57 Å². The van der Waals surface area contributed by atoms with Crippen molar-refractivity contribution in [3.63, 3.8) is 0 Å². The Hall–Kier alpha value is -0.950. The van der Waals surface area contributed by atoms with Crippen LogP contribution in [0.15, 0.2) is 30.3 Å². The minimum atomic E-state index is 0.211. The van der Waals surface area contributed by atoms with Crippen LogP contribution in [-0.2, 0) is 0 Å². The van der Waals surface area contributed by atoms with Gasteiger partial charge >= 0.3 is 0 Å². The first kappa shape index (κ1) is 10.2. The summed E-state index contributed by atoms with van der Waals surface area (Å²) in [6, 6.07) is 8.38. The number of ether oxygens (including phenoxy) is 1. The second kappa shape index (κ2) is 4.14. The first-order valence-electron chi connectivity index (χ1n) is 5.93. The highest BCUT2D eigenvalue weighted by atomic mass is 35.5. The lowest BCUT2D eigenvalue weighted by molar-refractivity contribution is 0.303. The molecular formula is C14H15ClO. The molecule has 1 aromatic rings. The zero-order valence-electron chi connectivity index (χ0n) is 9.16.